The molecule has 0 fully saturated rings. The van der Waals surface area contributed by atoms with Crippen LogP contribution in [0.15, 0.2) is 60.9 Å². The van der Waals surface area contributed by atoms with Crippen LogP contribution in [0.2, 0.25) is 0 Å². The summed E-state index contributed by atoms with van der Waals surface area (Å²) in [5.74, 6) is -0.375. The summed E-state index contributed by atoms with van der Waals surface area (Å²) < 4.78 is 13.5. The second-order valence-electron chi connectivity index (χ2n) is 6.77. The molecule has 3 aromatic rings. The highest BCUT2D eigenvalue weighted by atomic mass is 19.1. The van der Waals surface area contributed by atoms with Crippen molar-refractivity contribution >= 4 is 6.08 Å². The summed E-state index contributed by atoms with van der Waals surface area (Å²) in [6.07, 6.45) is 9.99. The number of halogens is 1. The maximum absolute atomic E-state index is 13.5. The number of benzene rings is 2. The summed E-state index contributed by atoms with van der Waals surface area (Å²) >= 11 is 0. The molecule has 5 heteroatoms. The molecule has 2 aromatic carbocycles. The second kappa shape index (κ2) is 9.24. The molecule has 1 aromatic heterocycles. The van der Waals surface area contributed by atoms with Gasteiger partial charge in [0.25, 0.3) is 0 Å². The van der Waals surface area contributed by atoms with E-state index in [4.69, 9.17) is 0 Å². The van der Waals surface area contributed by atoms with E-state index < -0.39 is 5.82 Å². The van der Waals surface area contributed by atoms with Crippen molar-refractivity contribution in [2.24, 2.45) is 0 Å². The summed E-state index contributed by atoms with van der Waals surface area (Å²) in [5.41, 5.74) is 3.34. The highest BCUT2D eigenvalue weighted by Gasteiger charge is 2.06. The lowest BCUT2D eigenvalue weighted by Gasteiger charge is -2.05. The minimum Gasteiger partial charge on any atom is -0.505 e. The molecule has 0 saturated carbocycles. The summed E-state index contributed by atoms with van der Waals surface area (Å²) in [7, 11) is 0. The minimum absolute atomic E-state index is 0.254. The Morgan fingerprint density at radius 3 is 2.29 bits per heavy atom. The van der Waals surface area contributed by atoms with Crippen molar-refractivity contribution in [3.05, 3.63) is 72.3 Å². The molecule has 0 radical (unpaired) electrons. The highest BCUT2D eigenvalue weighted by Crippen LogP contribution is 2.26. The van der Waals surface area contributed by atoms with Gasteiger partial charge in [-0.1, -0.05) is 42.5 Å². The van der Waals surface area contributed by atoms with Gasteiger partial charge in [-0.05, 0) is 49.4 Å². The number of hydrogen-bond donors (Lipinski definition) is 2. The standard InChI is InChI=1S/C23H23FN2O2/c1-16(27)5-3-2-4-6-17-14-25-23(26-15-17)19-9-7-18(8-10-19)20-11-12-22(28)21(24)13-20/h4,6-16,27-28H,2-3,5H2,1H3. The van der Waals surface area contributed by atoms with Crippen molar-refractivity contribution in [3.8, 4) is 28.3 Å². The average molecular weight is 378 g/mol. The Labute approximate surface area is 164 Å². The zero-order chi connectivity index (χ0) is 19.9. The summed E-state index contributed by atoms with van der Waals surface area (Å²) in [6.45, 7) is 1.80. The Bertz CT molecular complexity index is 936. The Morgan fingerprint density at radius 1 is 1.00 bits per heavy atom. The van der Waals surface area contributed by atoms with Crippen LogP contribution in [0.5, 0.6) is 5.75 Å². The fourth-order valence-corrected chi connectivity index (χ4v) is 2.82. The van der Waals surface area contributed by atoms with Gasteiger partial charge in [-0.3, -0.25) is 0 Å². The third-order valence-electron chi connectivity index (χ3n) is 4.40. The van der Waals surface area contributed by atoms with Crippen molar-refractivity contribution in [3.63, 3.8) is 0 Å². The van der Waals surface area contributed by atoms with E-state index in [-0.39, 0.29) is 11.9 Å². The van der Waals surface area contributed by atoms with Gasteiger partial charge in [0.2, 0.25) is 0 Å². The van der Waals surface area contributed by atoms with Crippen molar-refractivity contribution in [1.82, 2.24) is 9.97 Å². The number of aliphatic hydroxyl groups is 1. The number of unbranched alkanes of at least 4 members (excludes halogenated alkanes) is 1. The molecule has 0 aliphatic heterocycles. The number of hydrogen-bond acceptors (Lipinski definition) is 4. The number of aromatic nitrogens is 2. The van der Waals surface area contributed by atoms with Crippen molar-refractivity contribution in [2.45, 2.75) is 32.3 Å². The van der Waals surface area contributed by atoms with Gasteiger partial charge in [0, 0.05) is 23.5 Å². The molecule has 0 amide bonds. The normalized spacial score (nSPS) is 12.4. The van der Waals surface area contributed by atoms with Crippen LogP contribution in [0.3, 0.4) is 0 Å². The second-order valence-corrected chi connectivity index (χ2v) is 6.77. The van der Waals surface area contributed by atoms with Crippen LogP contribution in [-0.4, -0.2) is 26.3 Å². The van der Waals surface area contributed by atoms with E-state index in [0.29, 0.717) is 11.4 Å². The fraction of sp³-hybridized carbons (Fsp3) is 0.217. The maximum Gasteiger partial charge on any atom is 0.165 e. The number of aromatic hydroxyl groups is 1. The lowest BCUT2D eigenvalue weighted by Crippen LogP contribution is -1.97. The van der Waals surface area contributed by atoms with Crippen LogP contribution in [0.25, 0.3) is 28.6 Å². The maximum atomic E-state index is 13.5. The van der Waals surface area contributed by atoms with E-state index in [9.17, 15) is 14.6 Å². The van der Waals surface area contributed by atoms with Gasteiger partial charge in [0.05, 0.1) is 6.10 Å². The Hall–Kier alpha value is -3.05. The first kappa shape index (κ1) is 19.7. The quantitative estimate of drug-likeness (QED) is 0.553. The average Bonchev–Trinajstić information content (AvgIpc) is 2.70. The molecular weight excluding hydrogens is 355 g/mol. The van der Waals surface area contributed by atoms with E-state index in [1.807, 2.05) is 30.3 Å². The molecule has 144 valence electrons. The Morgan fingerprint density at radius 2 is 1.64 bits per heavy atom. The molecule has 3 rings (SSSR count). The topological polar surface area (TPSA) is 66.2 Å². The lowest BCUT2D eigenvalue weighted by molar-refractivity contribution is 0.182. The van der Waals surface area contributed by atoms with E-state index in [0.717, 1.165) is 36.0 Å². The van der Waals surface area contributed by atoms with E-state index in [2.05, 4.69) is 16.0 Å². The van der Waals surface area contributed by atoms with Crippen LogP contribution in [-0.2, 0) is 0 Å². The molecule has 28 heavy (non-hydrogen) atoms. The highest BCUT2D eigenvalue weighted by molar-refractivity contribution is 5.68. The van der Waals surface area contributed by atoms with E-state index >= 15 is 0 Å². The monoisotopic (exact) mass is 378 g/mol. The molecule has 2 N–H and O–H groups in total. The van der Waals surface area contributed by atoms with Gasteiger partial charge < -0.3 is 10.2 Å². The summed E-state index contributed by atoms with van der Waals surface area (Å²) in [5, 5.41) is 18.5. The molecule has 1 atom stereocenters. The first-order chi connectivity index (χ1) is 13.5. The molecule has 4 nitrogen and oxygen atoms in total. The number of nitrogens with zero attached hydrogens (tertiary/aromatic N) is 2. The minimum atomic E-state index is -0.639. The fourth-order valence-electron chi connectivity index (χ4n) is 2.82. The number of aliphatic hydroxyl groups excluding tert-OH is 1. The molecular formula is C23H23FN2O2. The first-order valence-corrected chi connectivity index (χ1v) is 9.29. The number of phenols is 1. The van der Waals surface area contributed by atoms with Crippen LogP contribution < -0.4 is 0 Å². The predicted molar refractivity (Wildman–Crippen MR) is 109 cm³/mol. The largest absolute Gasteiger partial charge is 0.505 e. The van der Waals surface area contributed by atoms with Crippen molar-refractivity contribution in [2.75, 3.05) is 0 Å². The number of allylic oxidation sites excluding steroid dienone is 1. The van der Waals surface area contributed by atoms with Crippen molar-refractivity contribution in [1.29, 1.82) is 0 Å². The number of phenolic OH excluding ortho intramolecular Hbond substituents is 1. The van der Waals surface area contributed by atoms with Gasteiger partial charge in [-0.2, -0.15) is 0 Å². The molecule has 1 heterocycles. The lowest BCUT2D eigenvalue weighted by atomic mass is 10.0. The molecule has 0 aliphatic rings. The SMILES string of the molecule is CC(O)CCCC=Cc1cnc(-c2ccc(-c3ccc(O)c(F)c3)cc2)nc1. The zero-order valence-corrected chi connectivity index (χ0v) is 15.7. The Balaban J connectivity index is 1.65. The summed E-state index contributed by atoms with van der Waals surface area (Å²) in [4.78, 5) is 8.82. The van der Waals surface area contributed by atoms with E-state index in [1.165, 1.54) is 12.1 Å². The number of rotatable bonds is 7. The molecule has 0 aliphatic carbocycles. The van der Waals surface area contributed by atoms with Crippen LogP contribution in [0.4, 0.5) is 4.39 Å². The van der Waals surface area contributed by atoms with Gasteiger partial charge in [-0.15, -0.1) is 0 Å². The molecule has 0 bridgehead atoms. The van der Waals surface area contributed by atoms with Gasteiger partial charge in [0.15, 0.2) is 17.4 Å². The zero-order valence-electron chi connectivity index (χ0n) is 15.7. The third kappa shape index (κ3) is 5.24. The Kier molecular flexibility index (Phi) is 6.50. The predicted octanol–water partition coefficient (Wildman–Crippen LogP) is 5.22. The van der Waals surface area contributed by atoms with E-state index in [1.54, 1.807) is 25.4 Å². The molecule has 0 saturated heterocycles. The smallest absolute Gasteiger partial charge is 0.165 e. The summed E-state index contributed by atoms with van der Waals surface area (Å²) in [6, 6.07) is 11.9. The third-order valence-corrected chi connectivity index (χ3v) is 4.40. The van der Waals surface area contributed by atoms with Crippen molar-refractivity contribution < 1.29 is 14.6 Å². The van der Waals surface area contributed by atoms with Gasteiger partial charge >= 0.3 is 0 Å². The van der Waals surface area contributed by atoms with Gasteiger partial charge in [0.1, 0.15) is 0 Å². The molecule has 0 spiro atoms. The molecule has 1 unspecified atom stereocenters. The van der Waals surface area contributed by atoms with Crippen LogP contribution in [0.1, 0.15) is 31.7 Å². The first-order valence-electron chi connectivity index (χ1n) is 9.29. The van der Waals surface area contributed by atoms with Gasteiger partial charge in [-0.25, -0.2) is 14.4 Å². The van der Waals surface area contributed by atoms with Crippen LogP contribution in [0, 0.1) is 5.82 Å². The van der Waals surface area contributed by atoms with Crippen LogP contribution >= 0.6 is 0 Å².